The number of halogens is 1. The summed E-state index contributed by atoms with van der Waals surface area (Å²) >= 11 is 6.02. The van der Waals surface area contributed by atoms with Gasteiger partial charge in [-0.25, -0.2) is 0 Å². The zero-order valence-electron chi connectivity index (χ0n) is 7.13. The number of fused-ring (bicyclic) bond motifs is 1. The maximum atomic E-state index is 6.02. The second-order valence-corrected chi connectivity index (χ2v) is 3.36. The van der Waals surface area contributed by atoms with Crippen LogP contribution in [0.25, 0.3) is 10.8 Å². The molecule has 0 bridgehead atoms. The van der Waals surface area contributed by atoms with E-state index in [0.717, 1.165) is 16.0 Å². The van der Waals surface area contributed by atoms with Crippen molar-refractivity contribution in [1.82, 2.24) is 0 Å². The highest BCUT2D eigenvalue weighted by molar-refractivity contribution is 6.32. The highest BCUT2D eigenvalue weighted by atomic mass is 35.5. The van der Waals surface area contributed by atoms with Crippen molar-refractivity contribution in [1.29, 1.82) is 0 Å². The Balaban J connectivity index is 2.84. The van der Waals surface area contributed by atoms with Gasteiger partial charge in [0.1, 0.15) is 0 Å². The molecule has 0 aliphatic heterocycles. The molecule has 0 aromatic heterocycles. The Morgan fingerprint density at radius 1 is 1.08 bits per heavy atom. The van der Waals surface area contributed by atoms with Gasteiger partial charge in [0, 0.05) is 11.6 Å². The van der Waals surface area contributed by atoms with Crippen LogP contribution in [0.2, 0.25) is 5.02 Å². The van der Waals surface area contributed by atoms with E-state index in [9.17, 15) is 0 Å². The van der Waals surface area contributed by atoms with Crippen LogP contribution in [0.5, 0.6) is 0 Å². The summed E-state index contributed by atoms with van der Waals surface area (Å²) in [7, 11) is 0. The molecule has 0 saturated heterocycles. The van der Waals surface area contributed by atoms with Crippen molar-refractivity contribution in [2.75, 3.05) is 0 Å². The molecule has 0 atom stereocenters. The predicted octanol–water partition coefficient (Wildman–Crippen LogP) is 2.95. The Morgan fingerprint density at radius 3 is 2.62 bits per heavy atom. The van der Waals surface area contributed by atoms with E-state index in [4.69, 9.17) is 17.3 Å². The Hall–Kier alpha value is -1.05. The minimum Gasteiger partial charge on any atom is -0.326 e. The van der Waals surface area contributed by atoms with Crippen molar-refractivity contribution >= 4 is 22.4 Å². The molecule has 0 fully saturated rings. The summed E-state index contributed by atoms with van der Waals surface area (Å²) in [4.78, 5) is 0. The molecule has 0 aliphatic rings. The number of nitrogens with two attached hydrogens (primary N) is 1. The molecule has 0 aliphatic carbocycles. The fourth-order valence-electron chi connectivity index (χ4n) is 1.52. The fraction of sp³-hybridized carbons (Fsp3) is 0.0909. The molecule has 2 rings (SSSR count). The Bertz CT molecular complexity index is 437. The smallest absolute Gasteiger partial charge is 0.0457 e. The first-order valence-electron chi connectivity index (χ1n) is 4.19. The molecule has 2 aromatic carbocycles. The van der Waals surface area contributed by atoms with Gasteiger partial charge in [-0.05, 0) is 22.4 Å². The minimum absolute atomic E-state index is 0.486. The van der Waals surface area contributed by atoms with Crippen molar-refractivity contribution in [3.05, 3.63) is 47.0 Å². The highest BCUT2D eigenvalue weighted by Crippen LogP contribution is 2.25. The second kappa shape index (κ2) is 3.36. The number of benzene rings is 2. The Kier molecular flexibility index (Phi) is 2.21. The molecule has 2 N–H and O–H groups in total. The van der Waals surface area contributed by atoms with Gasteiger partial charge >= 0.3 is 0 Å². The minimum atomic E-state index is 0.486. The zero-order valence-corrected chi connectivity index (χ0v) is 7.88. The van der Waals surface area contributed by atoms with Crippen molar-refractivity contribution in [3.8, 4) is 0 Å². The molecule has 66 valence electrons. The Morgan fingerprint density at radius 2 is 1.85 bits per heavy atom. The summed E-state index contributed by atoms with van der Waals surface area (Å²) in [6, 6.07) is 12.0. The van der Waals surface area contributed by atoms with E-state index in [0.29, 0.717) is 6.54 Å². The first-order valence-corrected chi connectivity index (χ1v) is 4.57. The normalized spacial score (nSPS) is 10.6. The van der Waals surface area contributed by atoms with Gasteiger partial charge in [0.05, 0.1) is 0 Å². The fourth-order valence-corrected chi connectivity index (χ4v) is 1.76. The molecular formula is C11H10ClN. The Labute approximate surface area is 82.1 Å². The molecule has 0 unspecified atom stereocenters. The molecule has 2 heteroatoms. The van der Waals surface area contributed by atoms with Crippen molar-refractivity contribution in [2.45, 2.75) is 6.54 Å². The van der Waals surface area contributed by atoms with Crippen LogP contribution in [-0.4, -0.2) is 0 Å². The first-order chi connectivity index (χ1) is 6.33. The lowest BCUT2D eigenvalue weighted by atomic mass is 10.0. The summed E-state index contributed by atoms with van der Waals surface area (Å²) in [5.41, 5.74) is 6.66. The van der Waals surface area contributed by atoms with Gasteiger partial charge in [-0.3, -0.25) is 0 Å². The van der Waals surface area contributed by atoms with Crippen molar-refractivity contribution in [2.24, 2.45) is 5.73 Å². The van der Waals surface area contributed by atoms with Crippen LogP contribution in [0.4, 0.5) is 0 Å². The maximum absolute atomic E-state index is 6.02. The van der Waals surface area contributed by atoms with Crippen LogP contribution in [0.3, 0.4) is 0 Å². The van der Waals surface area contributed by atoms with E-state index < -0.39 is 0 Å². The second-order valence-electron chi connectivity index (χ2n) is 2.95. The first kappa shape index (κ1) is 8.54. The third-order valence-corrected chi connectivity index (χ3v) is 2.54. The van der Waals surface area contributed by atoms with E-state index in [1.807, 2.05) is 30.3 Å². The van der Waals surface area contributed by atoms with Gasteiger partial charge in [0.2, 0.25) is 0 Å². The molecule has 0 amide bonds. The van der Waals surface area contributed by atoms with Crippen LogP contribution in [0, 0.1) is 0 Å². The van der Waals surface area contributed by atoms with Crippen LogP contribution < -0.4 is 5.73 Å². The van der Waals surface area contributed by atoms with Gasteiger partial charge in [-0.1, -0.05) is 41.9 Å². The van der Waals surface area contributed by atoms with E-state index in [1.54, 1.807) is 0 Å². The highest BCUT2D eigenvalue weighted by Gasteiger charge is 2.02. The molecule has 2 aromatic rings. The van der Waals surface area contributed by atoms with Crippen molar-refractivity contribution in [3.63, 3.8) is 0 Å². The molecule has 0 radical (unpaired) electrons. The van der Waals surface area contributed by atoms with Crippen molar-refractivity contribution < 1.29 is 0 Å². The average Bonchev–Trinajstić information content (AvgIpc) is 2.18. The molecule has 13 heavy (non-hydrogen) atoms. The van der Waals surface area contributed by atoms with Crippen LogP contribution in [0.1, 0.15) is 5.56 Å². The molecule has 0 heterocycles. The largest absolute Gasteiger partial charge is 0.326 e. The zero-order chi connectivity index (χ0) is 9.26. The van der Waals surface area contributed by atoms with Gasteiger partial charge in [0.25, 0.3) is 0 Å². The SMILES string of the molecule is NCc1c(Cl)ccc2ccccc12. The van der Waals surface area contributed by atoms with E-state index in [2.05, 4.69) is 6.07 Å². The third kappa shape index (κ3) is 1.41. The maximum Gasteiger partial charge on any atom is 0.0457 e. The van der Waals surface area contributed by atoms with E-state index >= 15 is 0 Å². The van der Waals surface area contributed by atoms with Gasteiger partial charge in [-0.15, -0.1) is 0 Å². The lowest BCUT2D eigenvalue weighted by Crippen LogP contribution is -1.98. The molecule has 0 saturated carbocycles. The quantitative estimate of drug-likeness (QED) is 0.737. The van der Waals surface area contributed by atoms with E-state index in [-0.39, 0.29) is 0 Å². The molecular weight excluding hydrogens is 182 g/mol. The van der Waals surface area contributed by atoms with Crippen LogP contribution >= 0.6 is 11.6 Å². The number of hydrogen-bond donors (Lipinski definition) is 1. The number of rotatable bonds is 1. The van der Waals surface area contributed by atoms with Crippen LogP contribution in [-0.2, 0) is 6.54 Å². The summed E-state index contributed by atoms with van der Waals surface area (Å²) in [5.74, 6) is 0. The molecule has 0 spiro atoms. The summed E-state index contributed by atoms with van der Waals surface area (Å²) in [6.07, 6.45) is 0. The lowest BCUT2D eigenvalue weighted by Gasteiger charge is -2.05. The van der Waals surface area contributed by atoms with Gasteiger partial charge in [-0.2, -0.15) is 0 Å². The van der Waals surface area contributed by atoms with Gasteiger partial charge < -0.3 is 5.73 Å². The predicted molar refractivity (Wildman–Crippen MR) is 56.8 cm³/mol. The lowest BCUT2D eigenvalue weighted by molar-refractivity contribution is 1.09. The monoisotopic (exact) mass is 191 g/mol. The topological polar surface area (TPSA) is 26.0 Å². The summed E-state index contributed by atoms with van der Waals surface area (Å²) in [6.45, 7) is 0.486. The van der Waals surface area contributed by atoms with Gasteiger partial charge in [0.15, 0.2) is 0 Å². The standard InChI is InChI=1S/C11H10ClN/c12-11-6-5-8-3-1-2-4-9(8)10(11)7-13/h1-6H,7,13H2. The molecule has 1 nitrogen and oxygen atoms in total. The average molecular weight is 192 g/mol. The summed E-state index contributed by atoms with van der Waals surface area (Å²) < 4.78 is 0. The number of hydrogen-bond acceptors (Lipinski definition) is 1. The third-order valence-electron chi connectivity index (χ3n) is 2.19. The van der Waals surface area contributed by atoms with E-state index in [1.165, 1.54) is 5.39 Å². The van der Waals surface area contributed by atoms with Crippen LogP contribution in [0.15, 0.2) is 36.4 Å². The summed E-state index contributed by atoms with van der Waals surface area (Å²) in [5, 5.41) is 3.09.